The molecule has 1 N–H and O–H groups in total. The highest BCUT2D eigenvalue weighted by molar-refractivity contribution is 5.91. The van der Waals surface area contributed by atoms with Crippen molar-refractivity contribution in [3.05, 3.63) is 59.2 Å². The summed E-state index contributed by atoms with van der Waals surface area (Å²) in [6.45, 7) is 1.21. The molecule has 3 rings (SSSR count). The van der Waals surface area contributed by atoms with E-state index in [1.54, 1.807) is 25.1 Å². The van der Waals surface area contributed by atoms with Crippen molar-refractivity contribution in [2.24, 2.45) is 0 Å². The summed E-state index contributed by atoms with van der Waals surface area (Å²) in [7, 11) is 0. The second-order valence-corrected chi connectivity index (χ2v) is 5.57. The van der Waals surface area contributed by atoms with Gasteiger partial charge in [-0.15, -0.1) is 0 Å². The smallest absolute Gasteiger partial charge is 0.344 e. The highest BCUT2D eigenvalue weighted by atomic mass is 19.1. The Bertz CT molecular complexity index is 835. The molecule has 1 heterocycles. The Morgan fingerprint density at radius 3 is 2.58 bits per heavy atom. The maximum absolute atomic E-state index is 13.5. The lowest BCUT2D eigenvalue weighted by molar-refractivity contribution is -0.124. The third-order valence-electron chi connectivity index (χ3n) is 3.78. The third kappa shape index (κ3) is 3.74. The maximum atomic E-state index is 13.5. The van der Waals surface area contributed by atoms with Crippen LogP contribution in [0.1, 0.15) is 28.9 Å². The van der Waals surface area contributed by atoms with Crippen molar-refractivity contribution in [2.45, 2.75) is 13.0 Å². The number of hydrogen-bond acceptors (Lipinski definition) is 5. The van der Waals surface area contributed by atoms with Crippen LogP contribution in [0, 0.1) is 11.6 Å². The first-order valence-electron chi connectivity index (χ1n) is 7.75. The second kappa shape index (κ2) is 7.38. The summed E-state index contributed by atoms with van der Waals surface area (Å²) in [5, 5.41) is 2.62. The molecule has 26 heavy (non-hydrogen) atoms. The molecular formula is C18H15F2NO5. The molecule has 6 nitrogen and oxygen atoms in total. The molecular weight excluding hydrogens is 348 g/mol. The number of carbonyl (C=O) groups is 2. The van der Waals surface area contributed by atoms with Gasteiger partial charge in [-0.05, 0) is 36.8 Å². The van der Waals surface area contributed by atoms with Gasteiger partial charge in [0.05, 0.1) is 6.04 Å². The lowest BCUT2D eigenvalue weighted by Crippen LogP contribution is -2.31. The fraction of sp³-hybridized carbons (Fsp3) is 0.222. The third-order valence-corrected chi connectivity index (χ3v) is 3.78. The molecule has 0 fully saturated rings. The molecule has 0 unspecified atom stereocenters. The zero-order valence-corrected chi connectivity index (χ0v) is 13.8. The van der Waals surface area contributed by atoms with Crippen LogP contribution < -0.4 is 14.8 Å². The SMILES string of the molecule is C[C@@H](NC(=O)COC(=O)c1c(F)cccc1F)c1ccc2c(c1)OCO2. The van der Waals surface area contributed by atoms with Gasteiger partial charge in [-0.2, -0.15) is 0 Å². The summed E-state index contributed by atoms with van der Waals surface area (Å²) >= 11 is 0. The molecule has 0 aliphatic carbocycles. The Kier molecular flexibility index (Phi) is 5.01. The minimum atomic E-state index is -1.24. The van der Waals surface area contributed by atoms with Crippen molar-refractivity contribution >= 4 is 11.9 Å². The van der Waals surface area contributed by atoms with Crippen LogP contribution in [0.25, 0.3) is 0 Å². The van der Waals surface area contributed by atoms with Crippen molar-refractivity contribution in [1.29, 1.82) is 0 Å². The molecule has 1 amide bonds. The average molecular weight is 363 g/mol. The lowest BCUT2D eigenvalue weighted by Gasteiger charge is -2.15. The van der Waals surface area contributed by atoms with E-state index in [9.17, 15) is 18.4 Å². The van der Waals surface area contributed by atoms with E-state index in [1.807, 2.05) is 0 Å². The van der Waals surface area contributed by atoms with Gasteiger partial charge in [0.25, 0.3) is 5.91 Å². The Hall–Kier alpha value is -3.16. The van der Waals surface area contributed by atoms with Gasteiger partial charge in [-0.25, -0.2) is 13.6 Å². The lowest BCUT2D eigenvalue weighted by atomic mass is 10.1. The first-order valence-corrected chi connectivity index (χ1v) is 7.75. The summed E-state index contributed by atoms with van der Waals surface area (Å²) in [5.41, 5.74) is -0.0711. The first-order chi connectivity index (χ1) is 12.5. The van der Waals surface area contributed by atoms with E-state index >= 15 is 0 Å². The predicted octanol–water partition coefficient (Wildman–Crippen LogP) is 2.73. The van der Waals surface area contributed by atoms with Gasteiger partial charge in [0.1, 0.15) is 17.2 Å². The molecule has 0 saturated carbocycles. The largest absolute Gasteiger partial charge is 0.454 e. The summed E-state index contributed by atoms with van der Waals surface area (Å²) in [6, 6.07) is 7.81. The topological polar surface area (TPSA) is 73.9 Å². The fourth-order valence-electron chi connectivity index (χ4n) is 2.45. The van der Waals surface area contributed by atoms with Gasteiger partial charge >= 0.3 is 5.97 Å². The molecule has 1 atom stereocenters. The highest BCUT2D eigenvalue weighted by Crippen LogP contribution is 2.34. The number of rotatable bonds is 5. The number of fused-ring (bicyclic) bond motifs is 1. The number of benzene rings is 2. The van der Waals surface area contributed by atoms with Crippen LogP contribution in [0.4, 0.5) is 8.78 Å². The van der Waals surface area contributed by atoms with Gasteiger partial charge in [0, 0.05) is 0 Å². The van der Waals surface area contributed by atoms with E-state index in [2.05, 4.69) is 10.1 Å². The fourth-order valence-corrected chi connectivity index (χ4v) is 2.45. The van der Waals surface area contributed by atoms with E-state index < -0.39 is 41.7 Å². The van der Waals surface area contributed by atoms with Crippen LogP contribution in [-0.2, 0) is 9.53 Å². The van der Waals surface area contributed by atoms with Crippen LogP contribution >= 0.6 is 0 Å². The van der Waals surface area contributed by atoms with Crippen LogP contribution in [-0.4, -0.2) is 25.3 Å². The Labute approximate surface area is 147 Å². The molecule has 136 valence electrons. The molecule has 8 heteroatoms. The average Bonchev–Trinajstić information content (AvgIpc) is 3.07. The number of amides is 1. The van der Waals surface area contributed by atoms with E-state index in [0.717, 1.165) is 23.8 Å². The number of halogens is 2. The summed E-state index contributed by atoms with van der Waals surface area (Å²) in [6.07, 6.45) is 0. The van der Waals surface area contributed by atoms with Crippen molar-refractivity contribution in [1.82, 2.24) is 5.32 Å². The summed E-state index contributed by atoms with van der Waals surface area (Å²) < 4.78 is 42.2. The molecule has 2 aromatic carbocycles. The quantitative estimate of drug-likeness (QED) is 0.827. The minimum Gasteiger partial charge on any atom is -0.454 e. The van der Waals surface area contributed by atoms with Crippen molar-refractivity contribution < 1.29 is 32.6 Å². The van der Waals surface area contributed by atoms with Crippen LogP contribution in [0.2, 0.25) is 0 Å². The number of hydrogen-bond donors (Lipinski definition) is 1. The predicted molar refractivity (Wildman–Crippen MR) is 85.8 cm³/mol. The van der Waals surface area contributed by atoms with Gasteiger partial charge in [0.15, 0.2) is 18.1 Å². The van der Waals surface area contributed by atoms with E-state index in [0.29, 0.717) is 11.5 Å². The molecule has 0 bridgehead atoms. The second-order valence-electron chi connectivity index (χ2n) is 5.57. The van der Waals surface area contributed by atoms with E-state index in [4.69, 9.17) is 9.47 Å². The first kappa shape index (κ1) is 17.7. The molecule has 0 spiro atoms. The van der Waals surface area contributed by atoms with E-state index in [1.165, 1.54) is 0 Å². The Morgan fingerprint density at radius 1 is 1.15 bits per heavy atom. The molecule has 0 saturated heterocycles. The Morgan fingerprint density at radius 2 is 1.85 bits per heavy atom. The zero-order valence-electron chi connectivity index (χ0n) is 13.8. The van der Waals surface area contributed by atoms with E-state index in [-0.39, 0.29) is 6.79 Å². The van der Waals surface area contributed by atoms with Gasteiger partial charge < -0.3 is 19.5 Å². The number of nitrogens with one attached hydrogen (secondary N) is 1. The highest BCUT2D eigenvalue weighted by Gasteiger charge is 2.21. The van der Waals surface area contributed by atoms with Crippen LogP contribution in [0.15, 0.2) is 36.4 Å². The van der Waals surface area contributed by atoms with Crippen molar-refractivity contribution in [3.63, 3.8) is 0 Å². The number of esters is 1. The van der Waals surface area contributed by atoms with Gasteiger partial charge in [-0.3, -0.25) is 4.79 Å². The zero-order chi connectivity index (χ0) is 18.7. The monoisotopic (exact) mass is 363 g/mol. The number of ether oxygens (including phenoxy) is 3. The van der Waals surface area contributed by atoms with Crippen LogP contribution in [0.5, 0.6) is 11.5 Å². The molecule has 2 aromatic rings. The normalized spacial score (nSPS) is 13.2. The van der Waals surface area contributed by atoms with Crippen LogP contribution in [0.3, 0.4) is 0 Å². The molecule has 1 aliphatic heterocycles. The van der Waals surface area contributed by atoms with Crippen molar-refractivity contribution in [2.75, 3.05) is 13.4 Å². The minimum absolute atomic E-state index is 0.141. The molecule has 1 aliphatic rings. The number of carbonyl (C=O) groups excluding carboxylic acids is 2. The van der Waals surface area contributed by atoms with Gasteiger partial charge in [0.2, 0.25) is 6.79 Å². The Balaban J connectivity index is 1.56. The van der Waals surface area contributed by atoms with Crippen molar-refractivity contribution in [3.8, 4) is 11.5 Å². The van der Waals surface area contributed by atoms with Gasteiger partial charge in [-0.1, -0.05) is 12.1 Å². The molecule has 0 radical (unpaired) electrons. The molecule has 0 aromatic heterocycles. The summed E-state index contributed by atoms with van der Waals surface area (Å²) in [5.74, 6) is -2.77. The maximum Gasteiger partial charge on any atom is 0.344 e. The standard InChI is InChI=1S/C18H15F2NO5/c1-10(11-5-6-14-15(7-11)26-9-25-14)21-16(22)8-24-18(23)17-12(19)3-2-4-13(17)20/h2-7,10H,8-9H2,1H3,(H,21,22)/t10-/m1/s1. The summed E-state index contributed by atoms with van der Waals surface area (Å²) in [4.78, 5) is 23.7.